The molecule has 0 aliphatic rings. The van der Waals surface area contributed by atoms with Gasteiger partial charge in [-0.05, 0) is 55.2 Å². The molecule has 0 atom stereocenters. The van der Waals surface area contributed by atoms with Crippen LogP contribution < -0.4 is 11.1 Å². The molecule has 0 aliphatic heterocycles. The number of nitrogen functional groups attached to an aromatic ring is 1. The normalized spacial score (nSPS) is 10.4. The van der Waals surface area contributed by atoms with E-state index in [0.717, 1.165) is 17.9 Å². The van der Waals surface area contributed by atoms with Gasteiger partial charge in [0.1, 0.15) is 0 Å². The van der Waals surface area contributed by atoms with Crippen molar-refractivity contribution in [2.45, 2.75) is 27.3 Å². The number of hydrogen-bond acceptors (Lipinski definition) is 2. The van der Waals surface area contributed by atoms with E-state index < -0.39 is 0 Å². The van der Waals surface area contributed by atoms with Crippen molar-refractivity contribution in [2.24, 2.45) is 0 Å². The Morgan fingerprint density at radius 3 is 2.39 bits per heavy atom. The minimum atomic E-state index is 0.791. The average molecular weight is 240 g/mol. The van der Waals surface area contributed by atoms with Gasteiger partial charge in [0.05, 0.1) is 11.4 Å². The number of nitrogens with two attached hydrogens (primary N) is 1. The van der Waals surface area contributed by atoms with E-state index in [1.807, 2.05) is 24.3 Å². The van der Waals surface area contributed by atoms with Gasteiger partial charge in [0.2, 0.25) is 0 Å². The van der Waals surface area contributed by atoms with Crippen molar-refractivity contribution >= 4 is 11.4 Å². The van der Waals surface area contributed by atoms with Crippen LogP contribution in [0.1, 0.15) is 22.3 Å². The summed E-state index contributed by atoms with van der Waals surface area (Å²) < 4.78 is 0. The molecule has 0 aliphatic carbocycles. The van der Waals surface area contributed by atoms with Crippen LogP contribution in [0.4, 0.5) is 11.4 Å². The number of anilines is 2. The molecule has 2 aromatic carbocycles. The molecule has 0 aromatic heterocycles. The van der Waals surface area contributed by atoms with Gasteiger partial charge in [0.25, 0.3) is 0 Å². The third-order valence-corrected chi connectivity index (χ3v) is 3.60. The Labute approximate surface area is 109 Å². The van der Waals surface area contributed by atoms with Crippen LogP contribution >= 0.6 is 0 Å². The largest absolute Gasteiger partial charge is 0.397 e. The molecular formula is C16H20N2. The summed E-state index contributed by atoms with van der Waals surface area (Å²) in [4.78, 5) is 0. The molecule has 18 heavy (non-hydrogen) atoms. The Hall–Kier alpha value is -1.96. The van der Waals surface area contributed by atoms with Crippen LogP contribution in [0, 0.1) is 20.8 Å². The first-order chi connectivity index (χ1) is 8.59. The van der Waals surface area contributed by atoms with Crippen molar-refractivity contribution < 1.29 is 0 Å². The second-order valence-corrected chi connectivity index (χ2v) is 4.73. The Morgan fingerprint density at radius 2 is 1.67 bits per heavy atom. The number of rotatable bonds is 3. The van der Waals surface area contributed by atoms with Gasteiger partial charge in [-0.3, -0.25) is 0 Å². The van der Waals surface area contributed by atoms with Crippen molar-refractivity contribution in [1.29, 1.82) is 0 Å². The second kappa shape index (κ2) is 5.13. The van der Waals surface area contributed by atoms with Crippen LogP contribution in [0.5, 0.6) is 0 Å². The van der Waals surface area contributed by atoms with Gasteiger partial charge in [-0.25, -0.2) is 0 Å². The standard InChI is InChI=1S/C16H20N2/c1-11-8-9-14(13(3)12(11)2)10-18-16-7-5-4-6-15(16)17/h4-9,18H,10,17H2,1-3H3. The zero-order valence-electron chi connectivity index (χ0n) is 11.2. The van der Waals surface area contributed by atoms with Gasteiger partial charge in [-0.15, -0.1) is 0 Å². The van der Waals surface area contributed by atoms with Gasteiger partial charge < -0.3 is 11.1 Å². The number of aryl methyl sites for hydroxylation is 1. The van der Waals surface area contributed by atoms with E-state index in [1.165, 1.54) is 22.3 Å². The Kier molecular flexibility index (Phi) is 3.56. The van der Waals surface area contributed by atoms with E-state index >= 15 is 0 Å². The predicted octanol–water partition coefficient (Wildman–Crippen LogP) is 3.81. The lowest BCUT2D eigenvalue weighted by atomic mass is 9.99. The fourth-order valence-corrected chi connectivity index (χ4v) is 2.05. The first kappa shape index (κ1) is 12.5. The van der Waals surface area contributed by atoms with Gasteiger partial charge in [-0.2, -0.15) is 0 Å². The van der Waals surface area contributed by atoms with Crippen LogP contribution in [-0.4, -0.2) is 0 Å². The minimum Gasteiger partial charge on any atom is -0.397 e. The summed E-state index contributed by atoms with van der Waals surface area (Å²) >= 11 is 0. The van der Waals surface area contributed by atoms with Crippen LogP contribution in [0.15, 0.2) is 36.4 Å². The van der Waals surface area contributed by atoms with E-state index in [2.05, 4.69) is 38.2 Å². The molecule has 0 saturated heterocycles. The zero-order valence-corrected chi connectivity index (χ0v) is 11.2. The quantitative estimate of drug-likeness (QED) is 0.801. The predicted molar refractivity (Wildman–Crippen MR) is 78.8 cm³/mol. The smallest absolute Gasteiger partial charge is 0.0576 e. The highest BCUT2D eigenvalue weighted by molar-refractivity contribution is 5.65. The van der Waals surface area contributed by atoms with E-state index in [4.69, 9.17) is 5.73 Å². The van der Waals surface area contributed by atoms with E-state index in [-0.39, 0.29) is 0 Å². The highest BCUT2D eigenvalue weighted by Gasteiger charge is 2.04. The molecule has 2 heteroatoms. The van der Waals surface area contributed by atoms with Crippen molar-refractivity contribution in [1.82, 2.24) is 0 Å². The third-order valence-electron chi connectivity index (χ3n) is 3.60. The number of nitrogens with one attached hydrogen (secondary N) is 1. The van der Waals surface area contributed by atoms with Crippen LogP contribution in [0.3, 0.4) is 0 Å². The lowest BCUT2D eigenvalue weighted by molar-refractivity contribution is 1.09. The molecule has 0 bridgehead atoms. The highest BCUT2D eigenvalue weighted by Crippen LogP contribution is 2.21. The molecule has 2 rings (SSSR count). The van der Waals surface area contributed by atoms with Crippen LogP contribution in [0.2, 0.25) is 0 Å². The maximum absolute atomic E-state index is 5.91. The maximum atomic E-state index is 5.91. The van der Waals surface area contributed by atoms with E-state index in [9.17, 15) is 0 Å². The molecule has 94 valence electrons. The SMILES string of the molecule is Cc1ccc(CNc2ccccc2N)c(C)c1C. The molecule has 3 N–H and O–H groups in total. The highest BCUT2D eigenvalue weighted by atomic mass is 14.9. The number of benzene rings is 2. The molecular weight excluding hydrogens is 220 g/mol. The number of hydrogen-bond donors (Lipinski definition) is 2. The minimum absolute atomic E-state index is 0.791. The summed E-state index contributed by atoms with van der Waals surface area (Å²) in [5, 5.41) is 3.39. The molecule has 2 aromatic rings. The van der Waals surface area contributed by atoms with Crippen LogP contribution in [-0.2, 0) is 6.54 Å². The molecule has 0 fully saturated rings. The van der Waals surface area contributed by atoms with Gasteiger partial charge in [0.15, 0.2) is 0 Å². The van der Waals surface area contributed by atoms with Gasteiger partial charge in [0, 0.05) is 6.54 Å². The third kappa shape index (κ3) is 2.48. The van der Waals surface area contributed by atoms with Crippen molar-refractivity contribution in [3.8, 4) is 0 Å². The first-order valence-corrected chi connectivity index (χ1v) is 6.23. The Morgan fingerprint density at radius 1 is 0.944 bits per heavy atom. The number of para-hydroxylation sites is 2. The summed E-state index contributed by atoms with van der Waals surface area (Å²) in [6, 6.07) is 12.2. The molecule has 0 spiro atoms. The van der Waals surface area contributed by atoms with E-state index in [1.54, 1.807) is 0 Å². The van der Waals surface area contributed by atoms with Crippen LogP contribution in [0.25, 0.3) is 0 Å². The lowest BCUT2D eigenvalue weighted by Crippen LogP contribution is -2.05. The summed E-state index contributed by atoms with van der Waals surface area (Å²) in [7, 11) is 0. The van der Waals surface area contributed by atoms with Crippen molar-refractivity contribution in [3.05, 3.63) is 58.7 Å². The fraction of sp³-hybridized carbons (Fsp3) is 0.250. The molecule has 2 nitrogen and oxygen atoms in total. The zero-order chi connectivity index (χ0) is 13.1. The molecule has 0 unspecified atom stereocenters. The first-order valence-electron chi connectivity index (χ1n) is 6.23. The van der Waals surface area contributed by atoms with Crippen molar-refractivity contribution in [2.75, 3.05) is 11.1 Å². The fourth-order valence-electron chi connectivity index (χ4n) is 2.05. The Balaban J connectivity index is 2.17. The van der Waals surface area contributed by atoms with Gasteiger partial charge in [-0.1, -0.05) is 24.3 Å². The maximum Gasteiger partial charge on any atom is 0.0576 e. The summed E-state index contributed by atoms with van der Waals surface area (Å²) in [6.07, 6.45) is 0. The molecule has 0 saturated carbocycles. The second-order valence-electron chi connectivity index (χ2n) is 4.73. The summed E-state index contributed by atoms with van der Waals surface area (Å²) in [5.41, 5.74) is 13.1. The summed E-state index contributed by atoms with van der Waals surface area (Å²) in [5.74, 6) is 0. The molecule has 0 heterocycles. The average Bonchev–Trinajstić information content (AvgIpc) is 2.37. The van der Waals surface area contributed by atoms with Gasteiger partial charge >= 0.3 is 0 Å². The Bertz CT molecular complexity index is 559. The summed E-state index contributed by atoms with van der Waals surface area (Å²) in [6.45, 7) is 7.30. The molecule has 0 amide bonds. The lowest BCUT2D eigenvalue weighted by Gasteiger charge is -2.13. The topological polar surface area (TPSA) is 38.0 Å². The van der Waals surface area contributed by atoms with E-state index in [0.29, 0.717) is 0 Å². The van der Waals surface area contributed by atoms with Crippen molar-refractivity contribution in [3.63, 3.8) is 0 Å². The monoisotopic (exact) mass is 240 g/mol. The molecule has 0 radical (unpaired) electrons.